The maximum absolute atomic E-state index is 12.6. The summed E-state index contributed by atoms with van der Waals surface area (Å²) in [4.78, 5) is 13.6. The van der Waals surface area contributed by atoms with Crippen LogP contribution < -0.4 is 11.1 Å². The first-order valence-corrected chi connectivity index (χ1v) is 9.03. The van der Waals surface area contributed by atoms with Gasteiger partial charge in [0.05, 0.1) is 5.56 Å². The monoisotopic (exact) mass is 348 g/mol. The highest BCUT2D eigenvalue weighted by molar-refractivity contribution is 7.99. The fourth-order valence-electron chi connectivity index (χ4n) is 2.11. The Morgan fingerprint density at radius 1 is 1.26 bits per heavy atom. The number of carbonyl (C=O) groups is 1. The zero-order valence-corrected chi connectivity index (χ0v) is 14.7. The van der Waals surface area contributed by atoms with Gasteiger partial charge in [-0.25, -0.2) is 0 Å². The summed E-state index contributed by atoms with van der Waals surface area (Å²) in [6.45, 7) is 2.60. The van der Waals surface area contributed by atoms with E-state index in [1.807, 2.05) is 36.4 Å². The van der Waals surface area contributed by atoms with E-state index in [4.69, 9.17) is 17.3 Å². The summed E-state index contributed by atoms with van der Waals surface area (Å²) < 4.78 is 0. The Labute approximate surface area is 146 Å². The Bertz CT molecular complexity index is 676. The second-order valence-corrected chi connectivity index (χ2v) is 6.77. The third-order valence-corrected chi connectivity index (χ3v) is 4.76. The van der Waals surface area contributed by atoms with Crippen molar-refractivity contribution in [3.8, 4) is 0 Å². The molecule has 0 aliphatic heterocycles. The molecule has 0 spiro atoms. The average molecular weight is 349 g/mol. The summed E-state index contributed by atoms with van der Waals surface area (Å²) in [5.74, 6) is 0.835. The second-order valence-electron chi connectivity index (χ2n) is 5.20. The van der Waals surface area contributed by atoms with E-state index in [1.54, 1.807) is 17.8 Å². The van der Waals surface area contributed by atoms with Crippen LogP contribution in [0.1, 0.15) is 35.7 Å². The molecule has 0 aliphatic carbocycles. The van der Waals surface area contributed by atoms with Crippen LogP contribution in [-0.2, 0) is 6.54 Å². The third kappa shape index (κ3) is 5.27. The van der Waals surface area contributed by atoms with Crippen molar-refractivity contribution >= 4 is 35.0 Å². The molecule has 0 fully saturated rings. The molecule has 0 heterocycles. The van der Waals surface area contributed by atoms with E-state index in [1.165, 1.54) is 0 Å². The van der Waals surface area contributed by atoms with Crippen LogP contribution in [0.4, 0.5) is 5.69 Å². The molecule has 0 aliphatic rings. The highest BCUT2D eigenvalue weighted by Crippen LogP contribution is 2.27. The Morgan fingerprint density at radius 3 is 2.83 bits per heavy atom. The summed E-state index contributed by atoms with van der Waals surface area (Å²) in [5.41, 5.74) is 7.96. The maximum Gasteiger partial charge on any atom is 0.256 e. The van der Waals surface area contributed by atoms with Crippen LogP contribution >= 0.6 is 23.4 Å². The van der Waals surface area contributed by atoms with Gasteiger partial charge >= 0.3 is 0 Å². The number of hydrogen-bond acceptors (Lipinski definition) is 3. The number of thioether (sulfide) groups is 1. The fourth-order valence-corrected chi connectivity index (χ4v) is 3.40. The molecule has 0 saturated carbocycles. The summed E-state index contributed by atoms with van der Waals surface area (Å²) >= 11 is 7.75. The number of hydrogen-bond donors (Lipinski definition) is 2. The quantitative estimate of drug-likeness (QED) is 0.550. The van der Waals surface area contributed by atoms with E-state index in [-0.39, 0.29) is 5.91 Å². The number of rotatable bonds is 7. The largest absolute Gasteiger partial charge is 0.326 e. The van der Waals surface area contributed by atoms with Gasteiger partial charge in [0, 0.05) is 22.2 Å². The lowest BCUT2D eigenvalue weighted by molar-refractivity contribution is 0.102. The van der Waals surface area contributed by atoms with E-state index >= 15 is 0 Å². The van der Waals surface area contributed by atoms with Gasteiger partial charge in [0.15, 0.2) is 0 Å². The topological polar surface area (TPSA) is 55.1 Å². The number of anilines is 1. The molecule has 122 valence electrons. The number of halogens is 1. The first kappa shape index (κ1) is 17.9. The lowest BCUT2D eigenvalue weighted by atomic mass is 10.1. The second kappa shape index (κ2) is 8.96. The minimum Gasteiger partial charge on any atom is -0.326 e. The van der Waals surface area contributed by atoms with E-state index in [9.17, 15) is 4.79 Å². The minimum absolute atomic E-state index is 0.152. The number of nitrogens with two attached hydrogens (primary N) is 1. The summed E-state index contributed by atoms with van der Waals surface area (Å²) in [7, 11) is 0. The van der Waals surface area contributed by atoms with Crippen LogP contribution in [0.25, 0.3) is 0 Å². The molecular weight excluding hydrogens is 328 g/mol. The standard InChI is InChI=1S/C18H21ClN2OS/c1-2-3-9-23-17-8-7-14(19)11-16(17)18(22)21-15-6-4-5-13(10-15)12-20/h4-8,10-11H,2-3,9,12,20H2,1H3,(H,21,22). The van der Waals surface area contributed by atoms with Crippen LogP contribution in [0.3, 0.4) is 0 Å². The number of amides is 1. The van der Waals surface area contributed by atoms with Crippen LogP contribution in [0.2, 0.25) is 5.02 Å². The number of nitrogens with one attached hydrogen (secondary N) is 1. The lowest BCUT2D eigenvalue weighted by Crippen LogP contribution is -2.13. The molecule has 0 unspecified atom stereocenters. The van der Waals surface area contributed by atoms with Crippen LogP contribution in [0.15, 0.2) is 47.4 Å². The smallest absolute Gasteiger partial charge is 0.256 e. The zero-order valence-electron chi connectivity index (χ0n) is 13.1. The van der Waals surface area contributed by atoms with Crippen molar-refractivity contribution in [2.24, 2.45) is 5.73 Å². The molecule has 0 radical (unpaired) electrons. The Morgan fingerprint density at radius 2 is 2.09 bits per heavy atom. The molecule has 23 heavy (non-hydrogen) atoms. The first-order chi connectivity index (χ1) is 11.1. The lowest BCUT2D eigenvalue weighted by Gasteiger charge is -2.11. The maximum atomic E-state index is 12.6. The number of unbranched alkanes of at least 4 members (excludes halogenated alkanes) is 1. The molecule has 2 aromatic carbocycles. The van der Waals surface area contributed by atoms with Crippen LogP contribution in [-0.4, -0.2) is 11.7 Å². The molecule has 2 aromatic rings. The molecule has 0 saturated heterocycles. The Kier molecular flexibility index (Phi) is 6.96. The van der Waals surface area contributed by atoms with Gasteiger partial charge in [-0.15, -0.1) is 11.8 Å². The average Bonchev–Trinajstić information content (AvgIpc) is 2.56. The molecule has 0 aromatic heterocycles. The molecule has 3 nitrogen and oxygen atoms in total. The first-order valence-electron chi connectivity index (χ1n) is 7.66. The van der Waals surface area contributed by atoms with E-state index in [0.717, 1.165) is 34.7 Å². The number of benzene rings is 2. The Hall–Kier alpha value is -1.49. The van der Waals surface area contributed by atoms with Gasteiger partial charge in [-0.3, -0.25) is 4.79 Å². The molecule has 0 bridgehead atoms. The van der Waals surface area contributed by atoms with Crippen molar-refractivity contribution in [3.05, 3.63) is 58.6 Å². The van der Waals surface area contributed by atoms with Gasteiger partial charge in [0.1, 0.15) is 0 Å². The highest BCUT2D eigenvalue weighted by Gasteiger charge is 2.13. The van der Waals surface area contributed by atoms with Crippen molar-refractivity contribution in [1.29, 1.82) is 0 Å². The third-order valence-electron chi connectivity index (χ3n) is 3.36. The van der Waals surface area contributed by atoms with Crippen molar-refractivity contribution in [2.45, 2.75) is 31.2 Å². The molecule has 1 amide bonds. The molecule has 0 atom stereocenters. The predicted octanol–water partition coefficient (Wildman–Crippen LogP) is 4.94. The van der Waals surface area contributed by atoms with Crippen LogP contribution in [0, 0.1) is 0 Å². The Balaban J connectivity index is 2.18. The normalized spacial score (nSPS) is 10.6. The molecule has 2 rings (SSSR count). The number of carbonyl (C=O) groups excluding carboxylic acids is 1. The zero-order chi connectivity index (χ0) is 16.7. The molecular formula is C18H21ClN2OS. The molecule has 3 N–H and O–H groups in total. The van der Waals surface area contributed by atoms with Gasteiger partial charge in [-0.1, -0.05) is 37.1 Å². The van der Waals surface area contributed by atoms with Crippen molar-refractivity contribution in [3.63, 3.8) is 0 Å². The van der Waals surface area contributed by atoms with Gasteiger partial charge < -0.3 is 11.1 Å². The SMILES string of the molecule is CCCCSc1ccc(Cl)cc1C(=O)Nc1cccc(CN)c1. The van der Waals surface area contributed by atoms with Crippen molar-refractivity contribution in [1.82, 2.24) is 0 Å². The summed E-state index contributed by atoms with van der Waals surface area (Å²) in [6, 6.07) is 13.0. The van der Waals surface area contributed by atoms with Gasteiger partial charge in [0.2, 0.25) is 0 Å². The highest BCUT2D eigenvalue weighted by atomic mass is 35.5. The predicted molar refractivity (Wildman–Crippen MR) is 99.4 cm³/mol. The minimum atomic E-state index is -0.152. The summed E-state index contributed by atoms with van der Waals surface area (Å²) in [6.07, 6.45) is 2.25. The van der Waals surface area contributed by atoms with E-state index in [0.29, 0.717) is 17.1 Å². The van der Waals surface area contributed by atoms with Crippen LogP contribution in [0.5, 0.6) is 0 Å². The summed E-state index contributed by atoms with van der Waals surface area (Å²) in [5, 5.41) is 3.49. The van der Waals surface area contributed by atoms with Crippen molar-refractivity contribution in [2.75, 3.05) is 11.1 Å². The van der Waals surface area contributed by atoms with Gasteiger partial charge in [0.25, 0.3) is 5.91 Å². The fraction of sp³-hybridized carbons (Fsp3) is 0.278. The van der Waals surface area contributed by atoms with Gasteiger partial charge in [-0.05, 0) is 48.1 Å². The molecule has 5 heteroatoms. The van der Waals surface area contributed by atoms with Crippen molar-refractivity contribution < 1.29 is 4.79 Å². The van der Waals surface area contributed by atoms with Gasteiger partial charge in [-0.2, -0.15) is 0 Å². The van der Waals surface area contributed by atoms with E-state index < -0.39 is 0 Å². The van der Waals surface area contributed by atoms with E-state index in [2.05, 4.69) is 12.2 Å².